The molecule has 27 heavy (non-hydrogen) atoms. The smallest absolute Gasteiger partial charge is 0.258 e. The van der Waals surface area contributed by atoms with E-state index in [1.165, 1.54) is 0 Å². The van der Waals surface area contributed by atoms with E-state index in [0.717, 1.165) is 5.69 Å². The summed E-state index contributed by atoms with van der Waals surface area (Å²) in [5.41, 5.74) is 2.19. The Balaban J connectivity index is 1.80. The Bertz CT molecular complexity index is 955. The van der Waals surface area contributed by atoms with Gasteiger partial charge in [-0.15, -0.1) is 0 Å². The van der Waals surface area contributed by atoms with E-state index in [1.807, 2.05) is 42.5 Å². The zero-order valence-electron chi connectivity index (χ0n) is 15.2. The Morgan fingerprint density at radius 1 is 0.852 bits per heavy atom. The molecule has 0 heterocycles. The number of anilines is 2. The van der Waals surface area contributed by atoms with Crippen molar-refractivity contribution in [3.8, 4) is 5.75 Å². The zero-order valence-corrected chi connectivity index (χ0v) is 15.2. The first-order chi connectivity index (χ1) is 13.1. The van der Waals surface area contributed by atoms with Crippen molar-refractivity contribution >= 4 is 23.2 Å². The molecule has 0 atom stereocenters. The second-order valence-electron chi connectivity index (χ2n) is 5.93. The molecule has 0 saturated heterocycles. The zero-order chi connectivity index (χ0) is 19.2. The second-order valence-corrected chi connectivity index (χ2v) is 5.93. The lowest BCUT2D eigenvalue weighted by Crippen LogP contribution is -2.26. The summed E-state index contributed by atoms with van der Waals surface area (Å²) in [6.07, 6.45) is 0. The predicted molar refractivity (Wildman–Crippen MR) is 107 cm³/mol. The van der Waals surface area contributed by atoms with Gasteiger partial charge in [0.1, 0.15) is 5.75 Å². The normalized spacial score (nSPS) is 10.1. The highest BCUT2D eigenvalue weighted by Gasteiger charge is 2.16. The van der Waals surface area contributed by atoms with E-state index in [1.54, 1.807) is 55.5 Å². The molecular formula is C22H20N2O3. The van der Waals surface area contributed by atoms with Crippen LogP contribution >= 0.6 is 0 Å². The molecule has 0 bridgehead atoms. The molecule has 5 nitrogen and oxygen atoms in total. The van der Waals surface area contributed by atoms with Crippen molar-refractivity contribution < 1.29 is 14.3 Å². The maximum Gasteiger partial charge on any atom is 0.258 e. The summed E-state index contributed by atoms with van der Waals surface area (Å²) in [5.74, 6) is 0.0755. The minimum atomic E-state index is -0.309. The van der Waals surface area contributed by atoms with Crippen LogP contribution < -0.4 is 15.0 Å². The number of benzene rings is 3. The van der Waals surface area contributed by atoms with Crippen LogP contribution in [0.4, 0.5) is 11.4 Å². The predicted octanol–water partition coefficient (Wildman–Crippen LogP) is 4.22. The van der Waals surface area contributed by atoms with Crippen molar-refractivity contribution in [3.05, 3.63) is 90.0 Å². The third-order valence-electron chi connectivity index (χ3n) is 4.18. The molecule has 2 amide bonds. The van der Waals surface area contributed by atoms with Crippen molar-refractivity contribution in [2.24, 2.45) is 0 Å². The lowest BCUT2D eigenvalue weighted by Gasteiger charge is -2.17. The topological polar surface area (TPSA) is 58.6 Å². The van der Waals surface area contributed by atoms with E-state index >= 15 is 0 Å². The monoisotopic (exact) mass is 360 g/mol. The number of methoxy groups -OCH3 is 1. The van der Waals surface area contributed by atoms with Gasteiger partial charge < -0.3 is 15.0 Å². The summed E-state index contributed by atoms with van der Waals surface area (Å²) in [6.45, 7) is 0. The Labute approximate surface area is 158 Å². The molecule has 136 valence electrons. The standard InChI is InChI=1S/C22H20N2O3/c1-24(18-11-4-3-5-12-18)22(26)17-10-8-9-16(15-17)21(25)23-19-13-6-7-14-20(19)27-2/h3-15H,1-2H3,(H,23,25). The molecule has 0 unspecified atom stereocenters. The molecule has 1 N–H and O–H groups in total. The quantitative estimate of drug-likeness (QED) is 0.741. The van der Waals surface area contributed by atoms with Gasteiger partial charge in [0, 0.05) is 23.9 Å². The molecule has 0 aliphatic carbocycles. The van der Waals surface area contributed by atoms with E-state index in [0.29, 0.717) is 22.6 Å². The fraction of sp³-hybridized carbons (Fsp3) is 0.0909. The summed E-state index contributed by atoms with van der Waals surface area (Å²) in [7, 11) is 3.25. The van der Waals surface area contributed by atoms with E-state index in [-0.39, 0.29) is 11.8 Å². The summed E-state index contributed by atoms with van der Waals surface area (Å²) in [6, 6.07) is 23.2. The number of amides is 2. The molecule has 3 aromatic carbocycles. The summed E-state index contributed by atoms with van der Waals surface area (Å²) in [4.78, 5) is 26.9. The van der Waals surface area contributed by atoms with Crippen LogP contribution in [-0.4, -0.2) is 26.0 Å². The van der Waals surface area contributed by atoms with Crippen molar-refractivity contribution in [3.63, 3.8) is 0 Å². The number of nitrogens with zero attached hydrogens (tertiary/aromatic N) is 1. The number of ether oxygens (including phenoxy) is 1. The highest BCUT2D eigenvalue weighted by Crippen LogP contribution is 2.24. The third kappa shape index (κ3) is 4.15. The van der Waals surface area contributed by atoms with E-state index < -0.39 is 0 Å². The van der Waals surface area contributed by atoms with E-state index in [4.69, 9.17) is 4.74 Å². The van der Waals surface area contributed by atoms with Crippen molar-refractivity contribution in [2.75, 3.05) is 24.4 Å². The first-order valence-electron chi connectivity index (χ1n) is 8.47. The van der Waals surface area contributed by atoms with Crippen molar-refractivity contribution in [1.29, 1.82) is 0 Å². The molecule has 0 fully saturated rings. The number of nitrogens with one attached hydrogen (secondary N) is 1. The van der Waals surface area contributed by atoms with Crippen LogP contribution in [-0.2, 0) is 0 Å². The fourth-order valence-corrected chi connectivity index (χ4v) is 2.70. The molecular weight excluding hydrogens is 340 g/mol. The molecule has 0 aromatic heterocycles. The number of carbonyl (C=O) groups excluding carboxylic acids is 2. The van der Waals surface area contributed by atoms with Crippen LogP contribution in [0.2, 0.25) is 0 Å². The number of para-hydroxylation sites is 3. The van der Waals surface area contributed by atoms with E-state index in [9.17, 15) is 9.59 Å². The summed E-state index contributed by atoms with van der Waals surface area (Å²) in [5, 5.41) is 2.82. The Kier molecular flexibility index (Phi) is 5.52. The molecule has 0 aliphatic rings. The lowest BCUT2D eigenvalue weighted by atomic mass is 10.1. The number of hydrogen-bond donors (Lipinski definition) is 1. The fourth-order valence-electron chi connectivity index (χ4n) is 2.70. The number of rotatable bonds is 5. The SMILES string of the molecule is COc1ccccc1NC(=O)c1cccc(C(=O)N(C)c2ccccc2)c1. The van der Waals surface area contributed by atoms with Gasteiger partial charge in [-0.2, -0.15) is 0 Å². The Morgan fingerprint density at radius 2 is 1.52 bits per heavy atom. The van der Waals surface area contributed by atoms with Crippen LogP contribution in [0.1, 0.15) is 20.7 Å². The average molecular weight is 360 g/mol. The van der Waals surface area contributed by atoms with Gasteiger partial charge in [-0.25, -0.2) is 0 Å². The minimum Gasteiger partial charge on any atom is -0.495 e. The molecule has 0 radical (unpaired) electrons. The van der Waals surface area contributed by atoms with Crippen LogP contribution in [0.5, 0.6) is 5.75 Å². The van der Waals surface area contributed by atoms with Crippen LogP contribution in [0.3, 0.4) is 0 Å². The maximum absolute atomic E-state index is 12.8. The van der Waals surface area contributed by atoms with Gasteiger partial charge in [0.15, 0.2) is 0 Å². The first-order valence-corrected chi connectivity index (χ1v) is 8.47. The van der Waals surface area contributed by atoms with Crippen molar-refractivity contribution in [2.45, 2.75) is 0 Å². The van der Waals surface area contributed by atoms with Gasteiger partial charge in [-0.1, -0.05) is 36.4 Å². The van der Waals surface area contributed by atoms with E-state index in [2.05, 4.69) is 5.32 Å². The van der Waals surface area contributed by atoms with Gasteiger partial charge >= 0.3 is 0 Å². The molecule has 3 rings (SSSR count). The average Bonchev–Trinajstić information content (AvgIpc) is 2.73. The highest BCUT2D eigenvalue weighted by molar-refractivity contribution is 6.09. The number of carbonyl (C=O) groups is 2. The second kappa shape index (κ2) is 8.19. The Morgan fingerprint density at radius 3 is 2.26 bits per heavy atom. The van der Waals surface area contributed by atoms with Gasteiger partial charge in [0.2, 0.25) is 0 Å². The maximum atomic E-state index is 12.8. The van der Waals surface area contributed by atoms with Gasteiger partial charge in [0.05, 0.1) is 12.8 Å². The molecule has 0 spiro atoms. The summed E-state index contributed by atoms with van der Waals surface area (Å²) >= 11 is 0. The summed E-state index contributed by atoms with van der Waals surface area (Å²) < 4.78 is 5.25. The molecule has 5 heteroatoms. The van der Waals surface area contributed by atoms with Crippen molar-refractivity contribution in [1.82, 2.24) is 0 Å². The molecule has 0 saturated carbocycles. The van der Waals surface area contributed by atoms with Gasteiger partial charge in [0.25, 0.3) is 11.8 Å². The largest absolute Gasteiger partial charge is 0.495 e. The third-order valence-corrected chi connectivity index (χ3v) is 4.18. The Hall–Kier alpha value is -3.60. The highest BCUT2D eigenvalue weighted by atomic mass is 16.5. The van der Waals surface area contributed by atoms with Crippen LogP contribution in [0, 0.1) is 0 Å². The van der Waals surface area contributed by atoms with Gasteiger partial charge in [-0.05, 0) is 42.5 Å². The van der Waals surface area contributed by atoms with Crippen LogP contribution in [0.25, 0.3) is 0 Å². The minimum absolute atomic E-state index is 0.187. The molecule has 3 aromatic rings. The first kappa shape index (κ1) is 18.2. The number of hydrogen-bond acceptors (Lipinski definition) is 3. The molecule has 0 aliphatic heterocycles. The van der Waals surface area contributed by atoms with Gasteiger partial charge in [-0.3, -0.25) is 9.59 Å². The lowest BCUT2D eigenvalue weighted by molar-refractivity contribution is 0.0993. The van der Waals surface area contributed by atoms with Crippen LogP contribution in [0.15, 0.2) is 78.9 Å².